The summed E-state index contributed by atoms with van der Waals surface area (Å²) in [5, 5.41) is 4.09. The van der Waals surface area contributed by atoms with Crippen molar-refractivity contribution >= 4 is 17.4 Å². The van der Waals surface area contributed by atoms with E-state index in [-0.39, 0.29) is 11.6 Å². The number of hydrogen-bond donors (Lipinski definition) is 1. The second-order valence-electron chi connectivity index (χ2n) is 13.8. The topological polar surface area (TPSA) is 60.0 Å². The van der Waals surface area contributed by atoms with E-state index < -0.39 is 0 Å². The minimum atomic E-state index is -0.0923. The molecule has 1 fully saturated rings. The quantitative estimate of drug-likeness (QED) is 0.177. The third-order valence-corrected chi connectivity index (χ3v) is 9.91. The van der Waals surface area contributed by atoms with Crippen LogP contribution in [-0.2, 0) is 17.8 Å². The number of carbonyl (C=O) groups is 1. The van der Waals surface area contributed by atoms with E-state index in [0.717, 1.165) is 61.4 Å². The number of nitrogens with zero attached hydrogens (tertiary/aromatic N) is 1. The van der Waals surface area contributed by atoms with Gasteiger partial charge >= 0.3 is 0 Å². The third kappa shape index (κ3) is 8.26. The van der Waals surface area contributed by atoms with Gasteiger partial charge in [-0.1, -0.05) is 41.9 Å². The van der Waals surface area contributed by atoms with E-state index in [2.05, 4.69) is 81.4 Å². The van der Waals surface area contributed by atoms with Gasteiger partial charge in [-0.2, -0.15) is 0 Å². The van der Waals surface area contributed by atoms with Gasteiger partial charge < -0.3 is 24.4 Å². The molecule has 2 atom stereocenters. The molecule has 1 N–H and O–H groups in total. The van der Waals surface area contributed by atoms with Crippen molar-refractivity contribution in [3.8, 4) is 28.4 Å². The number of halogens is 1. The number of nitrogens with one attached hydrogen (secondary N) is 1. The Hall–Kier alpha value is -3.06. The number of rotatable bonds is 14. The van der Waals surface area contributed by atoms with E-state index in [4.69, 9.17) is 25.8 Å². The minimum absolute atomic E-state index is 0.0923. The zero-order valence-electron chi connectivity index (χ0n) is 28.5. The lowest BCUT2D eigenvalue weighted by molar-refractivity contribution is -0.117. The summed E-state index contributed by atoms with van der Waals surface area (Å²) >= 11 is 6.82. The fraction of sp³-hybridized carbons (Fsp3) is 0.513. The van der Waals surface area contributed by atoms with E-state index in [0.29, 0.717) is 55.1 Å². The molecule has 0 aliphatic heterocycles. The largest absolute Gasteiger partial charge is 0.493 e. The Morgan fingerprint density at radius 1 is 0.978 bits per heavy atom. The van der Waals surface area contributed by atoms with Gasteiger partial charge in [-0.05, 0) is 120 Å². The van der Waals surface area contributed by atoms with Crippen LogP contribution in [0.1, 0.15) is 88.2 Å². The van der Waals surface area contributed by atoms with Crippen molar-refractivity contribution in [2.24, 2.45) is 5.92 Å². The Kier molecular flexibility index (Phi) is 11.3. The molecule has 0 heterocycles. The van der Waals surface area contributed by atoms with E-state index in [9.17, 15) is 4.79 Å². The van der Waals surface area contributed by atoms with Crippen LogP contribution < -0.4 is 19.5 Å². The highest BCUT2D eigenvalue weighted by atomic mass is 35.5. The Morgan fingerprint density at radius 2 is 1.76 bits per heavy atom. The number of Topliss-reactive ketones (excluding diaryl/α,β-unsaturated/α-hetero) is 1. The van der Waals surface area contributed by atoms with Gasteiger partial charge in [0, 0.05) is 43.1 Å². The van der Waals surface area contributed by atoms with Crippen LogP contribution in [0.4, 0.5) is 0 Å². The van der Waals surface area contributed by atoms with Crippen molar-refractivity contribution in [1.29, 1.82) is 0 Å². The maximum atomic E-state index is 11.6. The lowest BCUT2D eigenvalue weighted by Crippen LogP contribution is -2.39. The molecular weight excluding hydrogens is 596 g/mol. The highest BCUT2D eigenvalue weighted by molar-refractivity contribution is 6.32. The van der Waals surface area contributed by atoms with Gasteiger partial charge in [0.25, 0.3) is 0 Å². The zero-order chi connectivity index (χ0) is 32.8. The first-order chi connectivity index (χ1) is 22.0. The predicted octanol–water partition coefficient (Wildman–Crippen LogP) is 8.74. The molecule has 3 aromatic carbocycles. The second-order valence-corrected chi connectivity index (χ2v) is 14.3. The lowest BCUT2D eigenvalue weighted by atomic mass is 9.93. The minimum Gasteiger partial charge on any atom is -0.493 e. The standard InChI is InChI=1S/C39H51ClN2O4/c1-7-44-37-23-38(34(40)22-28(37)25-41-24-27-15-16-29(43)21-27)46-36-18-17-32-31(12-8-13-33(32)36)30-11-9-14-35(26(30)2)45-20-10-19-42(6)39(3,4)5/h8-9,11-14,22-23,27,36,41H,7,10,15-21,24-25H2,1-6H3/t27-,36+/m1/s1. The third-order valence-electron chi connectivity index (χ3n) is 9.61. The van der Waals surface area contributed by atoms with Crippen LogP contribution in [0.3, 0.4) is 0 Å². The van der Waals surface area contributed by atoms with Gasteiger partial charge in [-0.3, -0.25) is 4.79 Å². The molecule has 0 bridgehead atoms. The smallest absolute Gasteiger partial charge is 0.142 e. The number of benzene rings is 3. The molecule has 2 aliphatic rings. The molecule has 5 rings (SSSR count). The molecule has 0 radical (unpaired) electrons. The van der Waals surface area contributed by atoms with E-state index in [1.807, 2.05) is 19.1 Å². The Balaban J connectivity index is 1.28. The molecule has 0 spiro atoms. The molecule has 3 aromatic rings. The zero-order valence-corrected chi connectivity index (χ0v) is 29.3. The van der Waals surface area contributed by atoms with Crippen LogP contribution in [0.15, 0.2) is 48.5 Å². The monoisotopic (exact) mass is 646 g/mol. The van der Waals surface area contributed by atoms with Crippen molar-refractivity contribution in [2.45, 2.75) is 91.3 Å². The van der Waals surface area contributed by atoms with Crippen molar-refractivity contribution < 1.29 is 19.0 Å². The van der Waals surface area contributed by atoms with Crippen molar-refractivity contribution in [1.82, 2.24) is 10.2 Å². The van der Waals surface area contributed by atoms with E-state index in [1.54, 1.807) is 0 Å². The molecule has 2 aliphatic carbocycles. The second kappa shape index (κ2) is 15.2. The lowest BCUT2D eigenvalue weighted by Gasteiger charge is -2.31. The summed E-state index contributed by atoms with van der Waals surface area (Å²) in [5.74, 6) is 3.15. The van der Waals surface area contributed by atoms with E-state index in [1.165, 1.54) is 22.3 Å². The van der Waals surface area contributed by atoms with Crippen molar-refractivity contribution in [3.05, 3.63) is 75.8 Å². The number of ketones is 1. The van der Waals surface area contributed by atoms with E-state index >= 15 is 0 Å². The summed E-state index contributed by atoms with van der Waals surface area (Å²) in [6.07, 6.45) is 5.05. The maximum Gasteiger partial charge on any atom is 0.142 e. The molecule has 1 saturated carbocycles. The van der Waals surface area contributed by atoms with Crippen LogP contribution in [0.25, 0.3) is 11.1 Å². The summed E-state index contributed by atoms with van der Waals surface area (Å²) in [5.41, 5.74) is 7.30. The van der Waals surface area contributed by atoms with Crippen molar-refractivity contribution in [2.75, 3.05) is 33.4 Å². The first kappa shape index (κ1) is 34.3. The Bertz CT molecular complexity index is 1510. The highest BCUT2D eigenvalue weighted by Crippen LogP contribution is 2.44. The summed E-state index contributed by atoms with van der Waals surface area (Å²) in [4.78, 5) is 14.0. The fourth-order valence-corrected chi connectivity index (χ4v) is 6.83. The number of fused-ring (bicyclic) bond motifs is 1. The van der Waals surface area contributed by atoms with Crippen LogP contribution >= 0.6 is 11.6 Å². The average Bonchev–Trinajstić information content (AvgIpc) is 3.63. The van der Waals surface area contributed by atoms with Crippen LogP contribution in [0.2, 0.25) is 5.02 Å². The fourth-order valence-electron chi connectivity index (χ4n) is 6.60. The molecule has 46 heavy (non-hydrogen) atoms. The molecular formula is C39H51ClN2O4. The predicted molar refractivity (Wildman–Crippen MR) is 187 cm³/mol. The summed E-state index contributed by atoms with van der Waals surface area (Å²) in [6, 6.07) is 16.8. The van der Waals surface area contributed by atoms with Crippen LogP contribution in [0, 0.1) is 12.8 Å². The molecule has 7 heteroatoms. The van der Waals surface area contributed by atoms with Crippen LogP contribution in [0.5, 0.6) is 17.2 Å². The van der Waals surface area contributed by atoms with Crippen molar-refractivity contribution in [3.63, 3.8) is 0 Å². The van der Waals surface area contributed by atoms with Gasteiger partial charge in [0.1, 0.15) is 29.1 Å². The van der Waals surface area contributed by atoms with Gasteiger partial charge in [0.05, 0.1) is 18.2 Å². The van der Waals surface area contributed by atoms with Gasteiger partial charge in [-0.25, -0.2) is 0 Å². The maximum absolute atomic E-state index is 11.6. The number of hydrogen-bond acceptors (Lipinski definition) is 6. The Morgan fingerprint density at radius 3 is 2.50 bits per heavy atom. The average molecular weight is 647 g/mol. The SMILES string of the molecule is CCOc1cc(O[C@H]2CCc3c(-c4cccc(OCCCN(C)C(C)(C)C)c4C)cccc32)c(Cl)cc1CNC[C@@H]1CCC(=O)C1. The Labute approximate surface area is 280 Å². The first-order valence-corrected chi connectivity index (χ1v) is 17.3. The molecule has 0 amide bonds. The molecule has 0 unspecified atom stereocenters. The summed E-state index contributed by atoms with van der Waals surface area (Å²) < 4.78 is 18.9. The number of ether oxygens (including phenoxy) is 3. The van der Waals surface area contributed by atoms with Gasteiger partial charge in [0.15, 0.2) is 0 Å². The van der Waals surface area contributed by atoms with Gasteiger partial charge in [0.2, 0.25) is 0 Å². The molecule has 6 nitrogen and oxygen atoms in total. The van der Waals surface area contributed by atoms with Gasteiger partial charge in [-0.15, -0.1) is 0 Å². The molecule has 248 valence electrons. The highest BCUT2D eigenvalue weighted by Gasteiger charge is 2.28. The molecule has 0 saturated heterocycles. The normalized spacial score (nSPS) is 17.9. The number of carbonyl (C=O) groups excluding carboxylic acids is 1. The summed E-state index contributed by atoms with van der Waals surface area (Å²) in [7, 11) is 2.17. The molecule has 0 aromatic heterocycles. The van der Waals surface area contributed by atoms with Crippen LogP contribution in [-0.4, -0.2) is 49.6 Å². The summed E-state index contributed by atoms with van der Waals surface area (Å²) in [6.45, 7) is 14.5. The first-order valence-electron chi connectivity index (χ1n) is 16.9.